The van der Waals surface area contributed by atoms with Gasteiger partial charge in [-0.25, -0.2) is 0 Å². The lowest BCUT2D eigenvalue weighted by Crippen LogP contribution is -2.58. The highest BCUT2D eigenvalue weighted by Crippen LogP contribution is 2.36. The van der Waals surface area contributed by atoms with Crippen LogP contribution >= 0.6 is 0 Å². The van der Waals surface area contributed by atoms with Crippen LogP contribution in [0.2, 0.25) is 0 Å². The Morgan fingerprint density at radius 2 is 1.79 bits per heavy atom. The molecule has 8 heteroatoms. The molecule has 1 saturated carbocycles. The lowest BCUT2D eigenvalue weighted by Gasteiger charge is -2.44. The van der Waals surface area contributed by atoms with Gasteiger partial charge < -0.3 is 19.7 Å². The van der Waals surface area contributed by atoms with E-state index in [0.29, 0.717) is 38.0 Å². The second kappa shape index (κ2) is 10.4. The first kappa shape index (κ1) is 23.3. The number of carbonyl (C=O) groups is 1. The number of rotatable bonds is 7. The van der Waals surface area contributed by atoms with Crippen LogP contribution in [0.1, 0.15) is 67.2 Å². The van der Waals surface area contributed by atoms with Gasteiger partial charge in [0.25, 0.3) is 5.91 Å². The Balaban J connectivity index is 1.30. The van der Waals surface area contributed by atoms with Crippen molar-refractivity contribution in [2.45, 2.75) is 76.4 Å². The van der Waals surface area contributed by atoms with E-state index in [-0.39, 0.29) is 11.4 Å². The van der Waals surface area contributed by atoms with Gasteiger partial charge in [0.1, 0.15) is 0 Å². The molecule has 33 heavy (non-hydrogen) atoms. The first-order valence-electron chi connectivity index (χ1n) is 13.2. The second-order valence-electron chi connectivity index (χ2n) is 10.3. The molecule has 0 unspecified atom stereocenters. The molecule has 2 aliphatic heterocycles. The Bertz CT molecular complexity index is 807. The Labute approximate surface area is 198 Å². The molecule has 1 aromatic heterocycles. The fraction of sp³-hybridized carbons (Fsp3) is 0.840. The first-order chi connectivity index (χ1) is 16.2. The molecule has 1 amide bonds. The normalized spacial score (nSPS) is 25.8. The predicted octanol–water partition coefficient (Wildman–Crippen LogP) is 1.86. The lowest BCUT2D eigenvalue weighted by atomic mass is 9.89. The average Bonchev–Trinajstić information content (AvgIpc) is 3.49. The van der Waals surface area contributed by atoms with Gasteiger partial charge in [0.15, 0.2) is 5.69 Å². The van der Waals surface area contributed by atoms with Crippen molar-refractivity contribution in [3.05, 3.63) is 17.0 Å². The molecule has 3 heterocycles. The second-order valence-corrected chi connectivity index (χ2v) is 10.3. The predicted molar refractivity (Wildman–Crippen MR) is 127 cm³/mol. The summed E-state index contributed by atoms with van der Waals surface area (Å²) in [6.07, 6.45) is 9.28. The third-order valence-corrected chi connectivity index (χ3v) is 8.22. The minimum absolute atomic E-state index is 0.0885. The number of carbonyl (C=O) groups excluding carboxylic acids is 1. The van der Waals surface area contributed by atoms with Crippen molar-refractivity contribution in [1.29, 1.82) is 0 Å². The molecule has 0 aromatic carbocycles. The van der Waals surface area contributed by atoms with Crippen LogP contribution in [0.3, 0.4) is 0 Å². The third kappa shape index (κ3) is 4.85. The van der Waals surface area contributed by atoms with Crippen LogP contribution in [0.15, 0.2) is 0 Å². The molecule has 1 atom stereocenters. The highest BCUT2D eigenvalue weighted by molar-refractivity contribution is 5.94. The van der Waals surface area contributed by atoms with Crippen molar-refractivity contribution in [2.24, 2.45) is 0 Å². The molecule has 2 saturated heterocycles. The molecular formula is C25H41N5O3. The molecule has 3 fully saturated rings. The average molecular weight is 460 g/mol. The van der Waals surface area contributed by atoms with Crippen molar-refractivity contribution < 1.29 is 14.3 Å². The van der Waals surface area contributed by atoms with Crippen LogP contribution in [-0.2, 0) is 28.9 Å². The fourth-order valence-corrected chi connectivity index (χ4v) is 6.36. The van der Waals surface area contributed by atoms with E-state index in [0.717, 1.165) is 65.1 Å². The topological polar surface area (TPSA) is 71.9 Å². The maximum atomic E-state index is 13.4. The summed E-state index contributed by atoms with van der Waals surface area (Å²) in [6.45, 7) is 10.5. The SMILES string of the molecule is CCCn1nc(C(=O)N2CCOCC2)c2c1CC[C@H](NCC1(N3CCOCC3)CCCC1)C2. The summed E-state index contributed by atoms with van der Waals surface area (Å²) in [5, 5.41) is 8.82. The number of morpholine rings is 2. The van der Waals surface area contributed by atoms with Gasteiger partial charge in [0, 0.05) is 62.1 Å². The van der Waals surface area contributed by atoms with E-state index < -0.39 is 0 Å². The van der Waals surface area contributed by atoms with E-state index in [1.165, 1.54) is 36.9 Å². The zero-order chi connectivity index (χ0) is 22.7. The van der Waals surface area contributed by atoms with Crippen LogP contribution < -0.4 is 5.32 Å². The number of nitrogens with zero attached hydrogens (tertiary/aromatic N) is 4. The molecule has 0 radical (unpaired) electrons. The standard InChI is InChI=1S/C25H41N5O3/c1-2-9-30-22-6-5-20(18-21(22)23(27-30)24(31)28-10-14-32-15-11-28)26-19-25(7-3-4-8-25)29-12-16-33-17-13-29/h20,26H,2-19H2,1H3/t20-/m0/s1. The molecule has 0 bridgehead atoms. The van der Waals surface area contributed by atoms with Crippen LogP contribution in [0.5, 0.6) is 0 Å². The maximum Gasteiger partial charge on any atom is 0.274 e. The molecule has 8 nitrogen and oxygen atoms in total. The first-order valence-corrected chi connectivity index (χ1v) is 13.2. The summed E-state index contributed by atoms with van der Waals surface area (Å²) in [6, 6.07) is 0.409. The van der Waals surface area contributed by atoms with E-state index in [4.69, 9.17) is 14.6 Å². The molecule has 0 spiro atoms. The summed E-state index contributed by atoms with van der Waals surface area (Å²) >= 11 is 0. The Morgan fingerprint density at radius 1 is 1.09 bits per heavy atom. The number of aromatic nitrogens is 2. The third-order valence-electron chi connectivity index (χ3n) is 8.22. The highest BCUT2D eigenvalue weighted by atomic mass is 16.5. The van der Waals surface area contributed by atoms with Gasteiger partial charge >= 0.3 is 0 Å². The molecule has 4 aliphatic rings. The number of nitrogens with one attached hydrogen (secondary N) is 1. The van der Waals surface area contributed by atoms with E-state index >= 15 is 0 Å². The van der Waals surface area contributed by atoms with Gasteiger partial charge in [-0.05, 0) is 38.5 Å². The van der Waals surface area contributed by atoms with Gasteiger partial charge in [-0.2, -0.15) is 5.10 Å². The quantitative estimate of drug-likeness (QED) is 0.671. The maximum absolute atomic E-state index is 13.4. The zero-order valence-electron chi connectivity index (χ0n) is 20.3. The number of ether oxygens (including phenoxy) is 2. The van der Waals surface area contributed by atoms with E-state index in [2.05, 4.69) is 21.8 Å². The molecule has 5 rings (SSSR count). The van der Waals surface area contributed by atoms with E-state index in [1.54, 1.807) is 0 Å². The summed E-state index contributed by atoms with van der Waals surface area (Å²) in [5.41, 5.74) is 3.45. The lowest BCUT2D eigenvalue weighted by molar-refractivity contribution is -0.0213. The summed E-state index contributed by atoms with van der Waals surface area (Å²) in [5.74, 6) is 0.0885. The van der Waals surface area contributed by atoms with Crippen molar-refractivity contribution in [3.63, 3.8) is 0 Å². The van der Waals surface area contributed by atoms with Crippen molar-refractivity contribution in [1.82, 2.24) is 24.9 Å². The summed E-state index contributed by atoms with van der Waals surface area (Å²) in [7, 11) is 0. The van der Waals surface area contributed by atoms with Crippen LogP contribution in [0.4, 0.5) is 0 Å². The zero-order valence-corrected chi connectivity index (χ0v) is 20.3. The van der Waals surface area contributed by atoms with Crippen LogP contribution in [-0.4, -0.2) is 96.2 Å². The van der Waals surface area contributed by atoms with Gasteiger partial charge in [-0.15, -0.1) is 0 Å². The summed E-state index contributed by atoms with van der Waals surface area (Å²) < 4.78 is 13.2. The summed E-state index contributed by atoms with van der Waals surface area (Å²) in [4.78, 5) is 18.0. The number of fused-ring (bicyclic) bond motifs is 1. The molecule has 1 N–H and O–H groups in total. The Morgan fingerprint density at radius 3 is 2.48 bits per heavy atom. The van der Waals surface area contributed by atoms with Crippen LogP contribution in [0.25, 0.3) is 0 Å². The van der Waals surface area contributed by atoms with Gasteiger partial charge in [-0.3, -0.25) is 14.4 Å². The number of amides is 1. The minimum Gasteiger partial charge on any atom is -0.379 e. The smallest absolute Gasteiger partial charge is 0.274 e. The monoisotopic (exact) mass is 459 g/mol. The van der Waals surface area contributed by atoms with Gasteiger partial charge in [0.2, 0.25) is 0 Å². The number of hydrogen-bond donors (Lipinski definition) is 1. The molecule has 2 aliphatic carbocycles. The largest absolute Gasteiger partial charge is 0.379 e. The van der Waals surface area contributed by atoms with Crippen molar-refractivity contribution in [2.75, 3.05) is 59.2 Å². The Kier molecular flexibility index (Phi) is 7.35. The number of aryl methyl sites for hydroxylation is 1. The van der Waals surface area contributed by atoms with E-state index in [1.807, 2.05) is 4.90 Å². The van der Waals surface area contributed by atoms with Gasteiger partial charge in [-0.1, -0.05) is 19.8 Å². The van der Waals surface area contributed by atoms with Crippen LogP contribution in [0, 0.1) is 0 Å². The highest BCUT2D eigenvalue weighted by Gasteiger charge is 2.41. The van der Waals surface area contributed by atoms with Crippen molar-refractivity contribution >= 4 is 5.91 Å². The fourth-order valence-electron chi connectivity index (χ4n) is 6.36. The molecule has 184 valence electrons. The number of hydrogen-bond acceptors (Lipinski definition) is 6. The molecule has 1 aromatic rings. The minimum atomic E-state index is 0.0885. The van der Waals surface area contributed by atoms with Gasteiger partial charge in [0.05, 0.1) is 26.4 Å². The van der Waals surface area contributed by atoms with E-state index in [9.17, 15) is 4.79 Å². The molecular weight excluding hydrogens is 418 g/mol. The Hall–Kier alpha value is -1.48. The van der Waals surface area contributed by atoms with Crippen molar-refractivity contribution in [3.8, 4) is 0 Å².